The van der Waals surface area contributed by atoms with Gasteiger partial charge in [0, 0.05) is 16.8 Å². The van der Waals surface area contributed by atoms with Crippen LogP contribution < -0.4 is 4.57 Å². The number of fused-ring (bicyclic) bond motifs is 1. The van der Waals surface area contributed by atoms with Gasteiger partial charge in [0.05, 0.1) is 0 Å². The first-order valence-electron chi connectivity index (χ1n) is 4.42. The quantitative estimate of drug-likeness (QED) is 0.777. The van der Waals surface area contributed by atoms with Crippen LogP contribution in [-0.4, -0.2) is 5.11 Å². The normalized spacial score (nSPS) is 9.79. The van der Waals surface area contributed by atoms with Crippen molar-refractivity contribution in [3.05, 3.63) is 36.7 Å². The maximum absolute atomic E-state index is 9.53. The number of halogens is 1. The fourth-order valence-corrected chi connectivity index (χ4v) is 1.45. The van der Waals surface area contributed by atoms with Crippen molar-refractivity contribution in [3.8, 4) is 5.75 Å². The molecule has 2 rings (SSSR count). The maximum atomic E-state index is 9.53. The summed E-state index contributed by atoms with van der Waals surface area (Å²) in [6.07, 6.45) is 4.01. The molecule has 0 saturated heterocycles. The summed E-state index contributed by atoms with van der Waals surface area (Å²) in [5, 5.41) is 11.5. The first-order chi connectivity index (χ1) is 6.31. The van der Waals surface area contributed by atoms with Gasteiger partial charge in [0.2, 0.25) is 0 Å². The Labute approximate surface area is 93.6 Å². The predicted molar refractivity (Wildman–Crippen MR) is 61.8 cm³/mol. The second-order valence-electron chi connectivity index (χ2n) is 3.06. The second-order valence-corrected chi connectivity index (χ2v) is 3.06. The maximum Gasteiger partial charge on any atom is 0.176 e. The van der Waals surface area contributed by atoms with Crippen LogP contribution >= 0.6 is 17.0 Å². The summed E-state index contributed by atoms with van der Waals surface area (Å²) in [6, 6.07) is 7.51. The monoisotopic (exact) mass is 254 g/mol. The molecule has 0 bridgehead atoms. The standard InChI is InChI=1S/C11H11NO.BrH/c1-2-12-7-6-10-9(8-12)4-3-5-11(10)13;/h3-8H,2H2,1H3;1H/p+1. The van der Waals surface area contributed by atoms with Crippen molar-refractivity contribution in [1.82, 2.24) is 0 Å². The van der Waals surface area contributed by atoms with Crippen molar-refractivity contribution in [2.75, 3.05) is 0 Å². The van der Waals surface area contributed by atoms with E-state index in [1.54, 1.807) is 6.07 Å². The number of hydrogen-bond acceptors (Lipinski definition) is 1. The van der Waals surface area contributed by atoms with Crippen molar-refractivity contribution in [2.24, 2.45) is 0 Å². The SMILES string of the molecule is Br.CC[n+]1ccc2c(O)cccc2c1. The zero-order chi connectivity index (χ0) is 9.26. The van der Waals surface area contributed by atoms with Gasteiger partial charge in [-0.2, -0.15) is 0 Å². The van der Waals surface area contributed by atoms with Crippen LogP contribution in [0, 0.1) is 0 Å². The van der Waals surface area contributed by atoms with Crippen molar-refractivity contribution in [3.63, 3.8) is 0 Å². The molecule has 0 fully saturated rings. The van der Waals surface area contributed by atoms with Crippen LogP contribution in [0.15, 0.2) is 36.7 Å². The number of aryl methyl sites for hydroxylation is 1. The second kappa shape index (κ2) is 4.42. The number of aromatic nitrogens is 1. The summed E-state index contributed by atoms with van der Waals surface area (Å²) in [4.78, 5) is 0. The van der Waals surface area contributed by atoms with E-state index in [1.807, 2.05) is 30.6 Å². The molecule has 0 spiro atoms. The molecule has 14 heavy (non-hydrogen) atoms. The zero-order valence-electron chi connectivity index (χ0n) is 7.97. The minimum absolute atomic E-state index is 0. The number of hydrogen-bond donors (Lipinski definition) is 1. The molecule has 0 aliphatic rings. The Morgan fingerprint density at radius 3 is 2.79 bits per heavy atom. The van der Waals surface area contributed by atoms with E-state index < -0.39 is 0 Å². The van der Waals surface area contributed by atoms with Gasteiger partial charge >= 0.3 is 0 Å². The largest absolute Gasteiger partial charge is 0.507 e. The number of pyridine rings is 1. The Hall–Kier alpha value is -1.09. The number of aromatic hydroxyl groups is 1. The van der Waals surface area contributed by atoms with Crippen LogP contribution in [0.3, 0.4) is 0 Å². The molecule has 0 aliphatic heterocycles. The smallest absolute Gasteiger partial charge is 0.176 e. The van der Waals surface area contributed by atoms with Gasteiger partial charge in [-0.25, -0.2) is 4.57 Å². The van der Waals surface area contributed by atoms with Gasteiger partial charge in [0.25, 0.3) is 0 Å². The van der Waals surface area contributed by atoms with E-state index in [1.165, 1.54) is 0 Å². The molecule has 0 aliphatic carbocycles. The third-order valence-electron chi connectivity index (χ3n) is 2.22. The molecule has 1 heterocycles. The van der Waals surface area contributed by atoms with E-state index in [-0.39, 0.29) is 17.0 Å². The number of nitrogens with zero attached hydrogens (tertiary/aromatic N) is 1. The van der Waals surface area contributed by atoms with Gasteiger partial charge in [-0.1, -0.05) is 6.07 Å². The van der Waals surface area contributed by atoms with E-state index in [2.05, 4.69) is 11.5 Å². The number of rotatable bonds is 1. The minimum atomic E-state index is 0. The van der Waals surface area contributed by atoms with Gasteiger partial charge in [-0.05, 0) is 19.1 Å². The van der Waals surface area contributed by atoms with Crippen molar-refractivity contribution >= 4 is 27.8 Å². The summed E-state index contributed by atoms with van der Waals surface area (Å²) < 4.78 is 2.09. The van der Waals surface area contributed by atoms with Crippen LogP contribution in [0.4, 0.5) is 0 Å². The predicted octanol–water partition coefficient (Wildman–Crippen LogP) is 2.43. The van der Waals surface area contributed by atoms with Crippen molar-refractivity contribution in [2.45, 2.75) is 13.5 Å². The first kappa shape index (κ1) is 11.0. The molecule has 3 heteroatoms. The number of benzene rings is 1. The Balaban J connectivity index is 0.000000980. The Kier molecular flexibility index (Phi) is 3.47. The fourth-order valence-electron chi connectivity index (χ4n) is 1.45. The molecule has 1 aromatic heterocycles. The molecule has 0 radical (unpaired) electrons. The molecular formula is C11H13BrNO+. The molecule has 2 nitrogen and oxygen atoms in total. The summed E-state index contributed by atoms with van der Waals surface area (Å²) in [5.41, 5.74) is 0. The lowest BCUT2D eigenvalue weighted by Crippen LogP contribution is -2.30. The third-order valence-corrected chi connectivity index (χ3v) is 2.22. The van der Waals surface area contributed by atoms with E-state index in [0.717, 1.165) is 17.3 Å². The van der Waals surface area contributed by atoms with Gasteiger partial charge in [-0.15, -0.1) is 17.0 Å². The van der Waals surface area contributed by atoms with Crippen molar-refractivity contribution in [1.29, 1.82) is 0 Å². The van der Waals surface area contributed by atoms with Gasteiger partial charge in [0.15, 0.2) is 12.4 Å². The average Bonchev–Trinajstić information content (AvgIpc) is 2.18. The molecule has 0 atom stereocenters. The first-order valence-corrected chi connectivity index (χ1v) is 4.42. The summed E-state index contributed by atoms with van der Waals surface area (Å²) >= 11 is 0. The fraction of sp³-hybridized carbons (Fsp3) is 0.182. The van der Waals surface area contributed by atoms with Gasteiger partial charge in [0.1, 0.15) is 12.3 Å². The van der Waals surface area contributed by atoms with Gasteiger partial charge < -0.3 is 5.11 Å². The minimum Gasteiger partial charge on any atom is -0.507 e. The highest BCUT2D eigenvalue weighted by Gasteiger charge is 2.02. The third kappa shape index (κ3) is 1.87. The average molecular weight is 255 g/mol. The Bertz CT molecular complexity index is 442. The summed E-state index contributed by atoms with van der Waals surface area (Å²) in [7, 11) is 0. The van der Waals surface area contributed by atoms with Crippen LogP contribution in [0.1, 0.15) is 6.92 Å². The van der Waals surface area contributed by atoms with E-state index >= 15 is 0 Å². The molecule has 1 aromatic carbocycles. The molecule has 1 N–H and O–H groups in total. The lowest BCUT2D eigenvalue weighted by Gasteiger charge is -1.98. The number of phenolic OH excluding ortho intramolecular Hbond substituents is 1. The van der Waals surface area contributed by atoms with E-state index in [0.29, 0.717) is 5.75 Å². The van der Waals surface area contributed by atoms with Crippen molar-refractivity contribution < 1.29 is 9.67 Å². The highest BCUT2D eigenvalue weighted by molar-refractivity contribution is 8.93. The highest BCUT2D eigenvalue weighted by atomic mass is 79.9. The lowest BCUT2D eigenvalue weighted by molar-refractivity contribution is -0.692. The van der Waals surface area contributed by atoms with E-state index in [4.69, 9.17) is 0 Å². The highest BCUT2D eigenvalue weighted by Crippen LogP contribution is 2.21. The zero-order valence-corrected chi connectivity index (χ0v) is 9.69. The Morgan fingerprint density at radius 1 is 1.29 bits per heavy atom. The molecule has 74 valence electrons. The molecular weight excluding hydrogens is 242 g/mol. The molecule has 0 saturated carbocycles. The van der Waals surface area contributed by atoms with Crippen LogP contribution in [0.25, 0.3) is 10.8 Å². The van der Waals surface area contributed by atoms with Crippen LogP contribution in [-0.2, 0) is 6.54 Å². The van der Waals surface area contributed by atoms with E-state index in [9.17, 15) is 5.11 Å². The van der Waals surface area contributed by atoms with Crippen LogP contribution in [0.2, 0.25) is 0 Å². The summed E-state index contributed by atoms with van der Waals surface area (Å²) in [5.74, 6) is 0.348. The van der Waals surface area contributed by atoms with Crippen LogP contribution in [0.5, 0.6) is 5.75 Å². The topological polar surface area (TPSA) is 24.1 Å². The number of phenols is 1. The molecule has 0 unspecified atom stereocenters. The molecule has 2 aromatic rings. The Morgan fingerprint density at radius 2 is 2.07 bits per heavy atom. The van der Waals surface area contributed by atoms with Gasteiger partial charge in [-0.3, -0.25) is 0 Å². The lowest BCUT2D eigenvalue weighted by atomic mass is 10.1. The summed E-state index contributed by atoms with van der Waals surface area (Å²) in [6.45, 7) is 3.04. The molecule has 0 amide bonds.